The lowest BCUT2D eigenvalue weighted by Crippen LogP contribution is -2.49. The number of halogens is 4. The van der Waals surface area contributed by atoms with Gasteiger partial charge in [-0.25, -0.2) is 15.0 Å². The van der Waals surface area contributed by atoms with Crippen molar-refractivity contribution in [3.63, 3.8) is 0 Å². The van der Waals surface area contributed by atoms with Crippen molar-refractivity contribution in [2.75, 3.05) is 31.1 Å². The fraction of sp³-hybridized carbons (Fsp3) is 0.200. The summed E-state index contributed by atoms with van der Waals surface area (Å²) in [5.41, 5.74) is 0.0778. The minimum atomic E-state index is -4.46. The molecule has 3 aromatic heterocycles. The molecule has 1 fully saturated rings. The first-order chi connectivity index (χ1) is 17.3. The van der Waals surface area contributed by atoms with E-state index < -0.39 is 11.7 Å². The van der Waals surface area contributed by atoms with Crippen LogP contribution in [0.5, 0.6) is 11.6 Å². The van der Waals surface area contributed by atoms with Gasteiger partial charge < -0.3 is 14.5 Å². The van der Waals surface area contributed by atoms with Gasteiger partial charge in [0.05, 0.1) is 16.1 Å². The third kappa shape index (κ3) is 5.18. The van der Waals surface area contributed by atoms with Gasteiger partial charge in [0.2, 0.25) is 5.88 Å². The Labute approximate surface area is 209 Å². The van der Waals surface area contributed by atoms with Crippen molar-refractivity contribution >= 4 is 34.2 Å². The number of aromatic nitrogens is 3. The first-order valence-corrected chi connectivity index (χ1v) is 11.4. The number of fused-ring (bicyclic) bond motifs is 1. The van der Waals surface area contributed by atoms with Crippen LogP contribution in [0, 0.1) is 0 Å². The van der Waals surface area contributed by atoms with Gasteiger partial charge in [0.25, 0.3) is 5.91 Å². The molecule has 36 heavy (non-hydrogen) atoms. The summed E-state index contributed by atoms with van der Waals surface area (Å²) in [4.78, 5) is 29.4. The third-order valence-corrected chi connectivity index (χ3v) is 5.99. The highest BCUT2D eigenvalue weighted by molar-refractivity contribution is 6.30. The molecule has 0 bridgehead atoms. The van der Waals surface area contributed by atoms with Gasteiger partial charge in [-0.05, 0) is 42.5 Å². The van der Waals surface area contributed by atoms with Gasteiger partial charge in [0.15, 0.2) is 0 Å². The highest BCUT2D eigenvalue weighted by atomic mass is 35.5. The smallest absolute Gasteiger partial charge is 0.417 e. The highest BCUT2D eigenvalue weighted by Gasteiger charge is 2.30. The Kier molecular flexibility index (Phi) is 6.36. The lowest BCUT2D eigenvalue weighted by atomic mass is 10.1. The van der Waals surface area contributed by atoms with Crippen LogP contribution in [0.15, 0.2) is 67.0 Å². The summed E-state index contributed by atoms with van der Waals surface area (Å²) in [6, 6.07) is 14.1. The predicted molar refractivity (Wildman–Crippen MR) is 128 cm³/mol. The van der Waals surface area contributed by atoms with Gasteiger partial charge in [0, 0.05) is 50.0 Å². The van der Waals surface area contributed by atoms with Crippen LogP contribution in [0.4, 0.5) is 19.0 Å². The Bertz CT molecular complexity index is 1390. The summed E-state index contributed by atoms with van der Waals surface area (Å²) in [5.74, 6) is 1.09. The Morgan fingerprint density at radius 1 is 0.917 bits per heavy atom. The summed E-state index contributed by atoms with van der Waals surface area (Å²) >= 11 is 5.90. The maximum atomic E-state index is 13.0. The Morgan fingerprint density at radius 3 is 2.39 bits per heavy atom. The number of hydrogen-bond donors (Lipinski definition) is 0. The second-order valence-corrected chi connectivity index (χ2v) is 8.59. The molecular weight excluding hydrogens is 495 g/mol. The van der Waals surface area contributed by atoms with E-state index in [-0.39, 0.29) is 11.8 Å². The molecule has 11 heteroatoms. The van der Waals surface area contributed by atoms with E-state index in [1.165, 1.54) is 0 Å². The van der Waals surface area contributed by atoms with E-state index in [9.17, 15) is 18.0 Å². The fourth-order valence-electron chi connectivity index (χ4n) is 3.87. The SMILES string of the molecule is O=C(c1ccc2cc(Oc3ccc(C(F)(F)F)cn3)ccc2n1)N1CCN(c2ccc(Cl)cn2)CC1. The van der Waals surface area contributed by atoms with Crippen LogP contribution in [0.25, 0.3) is 10.9 Å². The van der Waals surface area contributed by atoms with Crippen LogP contribution in [0.1, 0.15) is 16.1 Å². The van der Waals surface area contributed by atoms with Crippen LogP contribution in [-0.2, 0) is 6.18 Å². The van der Waals surface area contributed by atoms with Crippen molar-refractivity contribution in [2.24, 2.45) is 0 Å². The molecule has 1 aliphatic heterocycles. The first-order valence-electron chi connectivity index (χ1n) is 11.0. The second-order valence-electron chi connectivity index (χ2n) is 8.15. The van der Waals surface area contributed by atoms with E-state index in [2.05, 4.69) is 19.9 Å². The number of rotatable bonds is 4. The van der Waals surface area contributed by atoms with E-state index in [0.717, 1.165) is 29.5 Å². The molecular formula is C25H19ClF3N5O2. The van der Waals surface area contributed by atoms with Gasteiger partial charge in [-0.1, -0.05) is 17.7 Å². The Balaban J connectivity index is 1.24. The molecule has 0 N–H and O–H groups in total. The van der Waals surface area contributed by atoms with E-state index >= 15 is 0 Å². The van der Waals surface area contributed by atoms with Crippen LogP contribution in [-0.4, -0.2) is 51.9 Å². The zero-order valence-electron chi connectivity index (χ0n) is 18.7. The molecule has 0 radical (unpaired) electrons. The summed E-state index contributed by atoms with van der Waals surface area (Å²) in [6.45, 7) is 2.37. The number of hydrogen-bond acceptors (Lipinski definition) is 6. The number of alkyl halides is 3. The number of nitrogens with zero attached hydrogens (tertiary/aromatic N) is 5. The molecule has 0 saturated carbocycles. The zero-order chi connectivity index (χ0) is 25.3. The number of piperazine rings is 1. The number of carbonyl (C=O) groups excluding carboxylic acids is 1. The minimum absolute atomic E-state index is 0.0371. The molecule has 1 amide bonds. The number of amides is 1. The molecule has 7 nitrogen and oxygen atoms in total. The standard InChI is InChI=1S/C25H19ClF3N5O2/c26-18-3-7-22(30-15-18)33-9-11-34(12-10-33)24(35)21-5-1-16-13-19(4-6-20(16)32-21)36-23-8-2-17(14-31-23)25(27,28)29/h1-8,13-15H,9-12H2. The first kappa shape index (κ1) is 23.8. The largest absolute Gasteiger partial charge is 0.439 e. The lowest BCUT2D eigenvalue weighted by molar-refractivity contribution is -0.137. The Hall–Kier alpha value is -3.92. The molecule has 1 aliphatic rings. The van der Waals surface area contributed by atoms with Gasteiger partial charge >= 0.3 is 6.18 Å². The number of benzene rings is 1. The maximum Gasteiger partial charge on any atom is 0.417 e. The van der Waals surface area contributed by atoms with E-state index in [4.69, 9.17) is 16.3 Å². The summed E-state index contributed by atoms with van der Waals surface area (Å²) in [7, 11) is 0. The molecule has 0 atom stereocenters. The molecule has 4 aromatic rings. The normalized spacial score (nSPS) is 14.2. The van der Waals surface area contributed by atoms with Gasteiger partial charge in [-0.15, -0.1) is 0 Å². The summed E-state index contributed by atoms with van der Waals surface area (Å²) < 4.78 is 43.7. The van der Waals surface area contributed by atoms with Crippen LogP contribution in [0.2, 0.25) is 5.02 Å². The van der Waals surface area contributed by atoms with Crippen molar-refractivity contribution in [2.45, 2.75) is 6.18 Å². The van der Waals surface area contributed by atoms with Crippen molar-refractivity contribution in [3.8, 4) is 11.6 Å². The quantitative estimate of drug-likeness (QED) is 0.361. The number of anilines is 1. The number of carbonyl (C=O) groups is 1. The zero-order valence-corrected chi connectivity index (χ0v) is 19.5. The highest BCUT2D eigenvalue weighted by Crippen LogP contribution is 2.30. The molecule has 0 unspecified atom stereocenters. The molecule has 5 rings (SSSR count). The third-order valence-electron chi connectivity index (χ3n) is 5.77. The van der Waals surface area contributed by atoms with Gasteiger partial charge in [-0.3, -0.25) is 4.79 Å². The second kappa shape index (κ2) is 9.62. The molecule has 1 saturated heterocycles. The minimum Gasteiger partial charge on any atom is -0.439 e. The van der Waals surface area contributed by atoms with Crippen LogP contribution in [0.3, 0.4) is 0 Å². The van der Waals surface area contributed by atoms with E-state index in [1.54, 1.807) is 47.5 Å². The lowest BCUT2D eigenvalue weighted by Gasteiger charge is -2.35. The summed E-state index contributed by atoms with van der Waals surface area (Å²) in [5, 5.41) is 1.29. The number of pyridine rings is 3. The molecule has 184 valence electrons. The number of ether oxygens (including phenoxy) is 1. The predicted octanol–water partition coefficient (Wildman–Crippen LogP) is 5.45. The Morgan fingerprint density at radius 2 is 1.72 bits per heavy atom. The fourth-order valence-corrected chi connectivity index (χ4v) is 3.98. The van der Waals surface area contributed by atoms with Crippen LogP contribution < -0.4 is 9.64 Å². The van der Waals surface area contributed by atoms with Gasteiger partial charge in [0.1, 0.15) is 17.3 Å². The van der Waals surface area contributed by atoms with Crippen molar-refractivity contribution in [1.29, 1.82) is 0 Å². The topological polar surface area (TPSA) is 71.5 Å². The van der Waals surface area contributed by atoms with Crippen molar-refractivity contribution in [3.05, 3.63) is 83.3 Å². The molecule has 1 aromatic carbocycles. The van der Waals surface area contributed by atoms with Gasteiger partial charge in [-0.2, -0.15) is 13.2 Å². The maximum absolute atomic E-state index is 13.0. The monoisotopic (exact) mass is 513 g/mol. The van der Waals surface area contributed by atoms with Crippen molar-refractivity contribution in [1.82, 2.24) is 19.9 Å². The average molecular weight is 514 g/mol. The molecule has 0 aliphatic carbocycles. The van der Waals surface area contributed by atoms with E-state index in [1.807, 2.05) is 6.07 Å². The molecule has 4 heterocycles. The van der Waals surface area contributed by atoms with Crippen LogP contribution >= 0.6 is 11.6 Å². The molecule has 0 spiro atoms. The summed E-state index contributed by atoms with van der Waals surface area (Å²) in [6.07, 6.45) is -2.14. The average Bonchev–Trinajstić information content (AvgIpc) is 2.88. The van der Waals surface area contributed by atoms with E-state index in [0.29, 0.717) is 48.2 Å². The van der Waals surface area contributed by atoms with Crippen molar-refractivity contribution < 1.29 is 22.7 Å².